The van der Waals surface area contributed by atoms with Crippen molar-refractivity contribution in [1.29, 1.82) is 0 Å². The first kappa shape index (κ1) is 12.8. The van der Waals surface area contributed by atoms with Crippen molar-refractivity contribution < 1.29 is 0 Å². The number of aromatic nitrogens is 1. The maximum Gasteiger partial charge on any atom is 0.198 e. The minimum atomic E-state index is -0.00155. The van der Waals surface area contributed by atoms with E-state index in [1.807, 2.05) is 6.07 Å². The van der Waals surface area contributed by atoms with Crippen LogP contribution < -0.4 is 10.6 Å². The number of guanidine groups is 1. The van der Waals surface area contributed by atoms with E-state index >= 15 is 0 Å². The predicted molar refractivity (Wildman–Crippen MR) is 90.5 cm³/mol. The van der Waals surface area contributed by atoms with E-state index in [1.165, 1.54) is 30.6 Å². The Kier molecular flexibility index (Phi) is 2.58. The van der Waals surface area contributed by atoms with Gasteiger partial charge < -0.3 is 10.6 Å². The molecule has 0 radical (unpaired) electrons. The Morgan fingerprint density at radius 1 is 1.18 bits per heavy atom. The van der Waals surface area contributed by atoms with Gasteiger partial charge in [-0.05, 0) is 44.0 Å². The molecule has 1 spiro atoms. The van der Waals surface area contributed by atoms with Crippen molar-refractivity contribution in [2.75, 3.05) is 31.1 Å². The first-order valence-electron chi connectivity index (χ1n) is 7.94. The van der Waals surface area contributed by atoms with Crippen molar-refractivity contribution in [3.8, 4) is 0 Å². The van der Waals surface area contributed by atoms with E-state index in [0.29, 0.717) is 11.9 Å². The summed E-state index contributed by atoms with van der Waals surface area (Å²) in [5.74, 6) is 1.32. The zero-order chi connectivity index (χ0) is 14.7. The fourth-order valence-corrected chi connectivity index (χ4v) is 5.24. The van der Waals surface area contributed by atoms with Gasteiger partial charge in [0, 0.05) is 6.54 Å². The molecule has 1 unspecified atom stereocenters. The molecule has 2 aromatic rings. The summed E-state index contributed by atoms with van der Waals surface area (Å²) >= 11 is 1.71. The summed E-state index contributed by atoms with van der Waals surface area (Å²) < 4.78 is 1.21. The van der Waals surface area contributed by atoms with E-state index in [1.54, 1.807) is 11.3 Å². The second kappa shape index (κ2) is 4.43. The highest BCUT2D eigenvalue weighted by Crippen LogP contribution is 2.43. The number of anilines is 1. The number of nitrogens with zero attached hydrogens (tertiary/aromatic N) is 4. The molecule has 1 aromatic heterocycles. The number of rotatable bonds is 1. The number of benzene rings is 1. The molecule has 4 aliphatic heterocycles. The second-order valence-corrected chi connectivity index (χ2v) is 7.68. The van der Waals surface area contributed by atoms with Gasteiger partial charge in [0.05, 0.1) is 22.3 Å². The normalized spacial score (nSPS) is 33.8. The number of para-hydroxylation sites is 1. The minimum Gasteiger partial charge on any atom is -0.369 e. The SMILES string of the molecule is NC1=NC2(CN3CCC2CC3)CN1c1nc2ccccc2s1. The van der Waals surface area contributed by atoms with Gasteiger partial charge in [-0.3, -0.25) is 4.90 Å². The van der Waals surface area contributed by atoms with Crippen LogP contribution >= 0.6 is 11.3 Å². The quantitative estimate of drug-likeness (QED) is 0.873. The van der Waals surface area contributed by atoms with E-state index in [4.69, 9.17) is 15.7 Å². The van der Waals surface area contributed by atoms with E-state index in [2.05, 4.69) is 28.0 Å². The Bertz CT molecular complexity index is 728. The van der Waals surface area contributed by atoms with Gasteiger partial charge in [0.15, 0.2) is 11.1 Å². The van der Waals surface area contributed by atoms with Crippen molar-refractivity contribution in [3.63, 3.8) is 0 Å². The highest BCUT2D eigenvalue weighted by molar-refractivity contribution is 7.22. The summed E-state index contributed by atoms with van der Waals surface area (Å²) in [6.07, 6.45) is 2.51. The zero-order valence-corrected chi connectivity index (χ0v) is 13.2. The summed E-state index contributed by atoms with van der Waals surface area (Å²) in [4.78, 5) is 14.4. The highest BCUT2D eigenvalue weighted by atomic mass is 32.1. The number of hydrogen-bond donors (Lipinski definition) is 1. The molecule has 4 aliphatic rings. The summed E-state index contributed by atoms with van der Waals surface area (Å²) in [7, 11) is 0. The number of thiazole rings is 1. The van der Waals surface area contributed by atoms with Crippen LogP contribution in [-0.4, -0.2) is 47.6 Å². The molecule has 0 aliphatic carbocycles. The monoisotopic (exact) mass is 313 g/mol. The van der Waals surface area contributed by atoms with Crippen molar-refractivity contribution in [2.45, 2.75) is 18.4 Å². The lowest BCUT2D eigenvalue weighted by Crippen LogP contribution is -2.60. The Morgan fingerprint density at radius 2 is 2.00 bits per heavy atom. The average Bonchev–Trinajstić information content (AvgIpc) is 3.09. The Morgan fingerprint density at radius 3 is 2.73 bits per heavy atom. The van der Waals surface area contributed by atoms with Gasteiger partial charge in [-0.15, -0.1) is 0 Å². The summed E-state index contributed by atoms with van der Waals surface area (Å²) in [5.41, 5.74) is 7.34. The third kappa shape index (κ3) is 1.74. The number of piperidine rings is 3. The lowest BCUT2D eigenvalue weighted by atomic mass is 9.73. The molecule has 3 saturated heterocycles. The molecule has 6 heteroatoms. The molecular formula is C16H19N5S. The van der Waals surface area contributed by atoms with Crippen LogP contribution in [0.5, 0.6) is 0 Å². The molecule has 0 amide bonds. The van der Waals surface area contributed by atoms with Crippen LogP contribution in [-0.2, 0) is 0 Å². The molecule has 2 N–H and O–H groups in total. The molecule has 6 rings (SSSR count). The van der Waals surface area contributed by atoms with Gasteiger partial charge >= 0.3 is 0 Å². The fourth-order valence-electron chi connectivity index (χ4n) is 4.27. The lowest BCUT2D eigenvalue weighted by molar-refractivity contribution is 0.0390. The van der Waals surface area contributed by atoms with Crippen molar-refractivity contribution in [1.82, 2.24) is 9.88 Å². The van der Waals surface area contributed by atoms with Gasteiger partial charge in [-0.2, -0.15) is 0 Å². The average molecular weight is 313 g/mol. The van der Waals surface area contributed by atoms with Gasteiger partial charge in [-0.1, -0.05) is 23.5 Å². The predicted octanol–water partition coefficient (Wildman–Crippen LogP) is 1.90. The summed E-state index contributed by atoms with van der Waals surface area (Å²) in [5, 5.41) is 0.982. The number of hydrogen-bond acceptors (Lipinski definition) is 6. The summed E-state index contributed by atoms with van der Waals surface area (Å²) in [6, 6.07) is 8.26. The summed E-state index contributed by atoms with van der Waals surface area (Å²) in [6.45, 7) is 4.39. The van der Waals surface area contributed by atoms with Crippen LogP contribution in [0.2, 0.25) is 0 Å². The number of fused-ring (bicyclic) bond motifs is 3. The lowest BCUT2D eigenvalue weighted by Gasteiger charge is -2.49. The fraction of sp³-hybridized carbons (Fsp3) is 0.500. The van der Waals surface area contributed by atoms with Crippen molar-refractivity contribution >= 4 is 32.6 Å². The van der Waals surface area contributed by atoms with Gasteiger partial charge in [0.2, 0.25) is 0 Å². The van der Waals surface area contributed by atoms with Gasteiger partial charge in [0.25, 0.3) is 0 Å². The van der Waals surface area contributed by atoms with Crippen LogP contribution in [0.3, 0.4) is 0 Å². The smallest absolute Gasteiger partial charge is 0.198 e. The van der Waals surface area contributed by atoms with Crippen molar-refractivity contribution in [3.05, 3.63) is 24.3 Å². The third-order valence-electron chi connectivity index (χ3n) is 5.40. The highest BCUT2D eigenvalue weighted by Gasteiger charge is 2.51. The zero-order valence-electron chi connectivity index (χ0n) is 12.4. The van der Waals surface area contributed by atoms with Crippen LogP contribution in [0, 0.1) is 5.92 Å². The Balaban J connectivity index is 1.51. The van der Waals surface area contributed by atoms with Gasteiger partial charge in [0.1, 0.15) is 0 Å². The van der Waals surface area contributed by atoms with Crippen LogP contribution in [0.15, 0.2) is 29.3 Å². The molecule has 22 heavy (non-hydrogen) atoms. The molecule has 3 fully saturated rings. The maximum absolute atomic E-state index is 6.29. The Hall–Kier alpha value is -1.66. The largest absolute Gasteiger partial charge is 0.369 e. The molecular weight excluding hydrogens is 294 g/mol. The van der Waals surface area contributed by atoms with Crippen LogP contribution in [0.4, 0.5) is 5.13 Å². The van der Waals surface area contributed by atoms with E-state index in [-0.39, 0.29) is 5.54 Å². The first-order valence-corrected chi connectivity index (χ1v) is 8.76. The number of nitrogens with two attached hydrogens (primary N) is 1. The molecule has 5 nitrogen and oxygen atoms in total. The molecule has 1 aromatic carbocycles. The minimum absolute atomic E-state index is 0.00155. The van der Waals surface area contributed by atoms with E-state index in [9.17, 15) is 0 Å². The van der Waals surface area contributed by atoms with Crippen LogP contribution in [0.25, 0.3) is 10.2 Å². The molecule has 114 valence electrons. The second-order valence-electron chi connectivity index (χ2n) is 6.67. The molecule has 1 atom stereocenters. The van der Waals surface area contributed by atoms with Crippen molar-refractivity contribution in [2.24, 2.45) is 16.6 Å². The molecule has 2 bridgehead atoms. The maximum atomic E-state index is 6.29. The number of aliphatic imine (C=N–C) groups is 1. The van der Waals surface area contributed by atoms with E-state index in [0.717, 1.165) is 23.7 Å². The van der Waals surface area contributed by atoms with Crippen LogP contribution in [0.1, 0.15) is 12.8 Å². The topological polar surface area (TPSA) is 57.8 Å². The molecule has 0 saturated carbocycles. The molecule has 5 heterocycles. The third-order valence-corrected chi connectivity index (χ3v) is 6.46. The standard InChI is InChI=1S/C16H19N5S/c17-14-19-16(9-20-7-5-11(16)6-8-20)10-21(14)15-18-12-3-1-2-4-13(12)22-15/h1-4,11H,5-10H2,(H2,17,19). The van der Waals surface area contributed by atoms with E-state index < -0.39 is 0 Å². The van der Waals surface area contributed by atoms with Gasteiger partial charge in [-0.25, -0.2) is 9.98 Å². The first-order chi connectivity index (χ1) is 10.7. The Labute approximate surface area is 133 Å².